The molecule has 7 nitrogen and oxygen atoms in total. The summed E-state index contributed by atoms with van der Waals surface area (Å²) in [5.41, 5.74) is 5.34. The molecule has 3 heterocycles. The summed E-state index contributed by atoms with van der Waals surface area (Å²) in [5, 5.41) is 9.58. The molecule has 0 spiro atoms. The largest absolute Gasteiger partial charge is 0.394 e. The predicted octanol–water partition coefficient (Wildman–Crippen LogP) is 3.40. The second-order valence-corrected chi connectivity index (χ2v) is 10.3. The Morgan fingerprint density at radius 3 is 2.44 bits per heavy atom. The average Bonchev–Trinajstić information content (AvgIpc) is 3.56. The maximum absolute atomic E-state index is 13.1. The van der Waals surface area contributed by atoms with Crippen molar-refractivity contribution < 1.29 is 19.5 Å². The Balaban J connectivity index is 1.19. The molecule has 0 radical (unpaired) electrons. The van der Waals surface area contributed by atoms with E-state index >= 15 is 0 Å². The van der Waals surface area contributed by atoms with Crippen molar-refractivity contribution in [2.45, 2.75) is 50.7 Å². The summed E-state index contributed by atoms with van der Waals surface area (Å²) in [4.78, 5) is 35.6. The summed E-state index contributed by atoms with van der Waals surface area (Å²) in [6, 6.07) is 17.9. The van der Waals surface area contributed by atoms with Crippen molar-refractivity contribution in [1.82, 2.24) is 15.3 Å². The van der Waals surface area contributed by atoms with Gasteiger partial charge in [-0.2, -0.15) is 0 Å². The normalized spacial score (nSPS) is 24.5. The van der Waals surface area contributed by atoms with Gasteiger partial charge in [-0.15, -0.1) is 0 Å². The molecule has 0 aliphatic carbocycles. The number of hydroxylamine groups is 1. The van der Waals surface area contributed by atoms with Crippen LogP contribution in [0, 0.1) is 5.92 Å². The molecule has 2 aromatic carbocycles. The number of aliphatic hydroxyl groups excluding tert-OH is 1. The fourth-order valence-corrected chi connectivity index (χ4v) is 5.58. The van der Waals surface area contributed by atoms with Crippen molar-refractivity contribution in [1.29, 1.82) is 0 Å². The van der Waals surface area contributed by atoms with Gasteiger partial charge < -0.3 is 14.9 Å². The molecule has 0 saturated carbocycles. The van der Waals surface area contributed by atoms with Crippen LogP contribution < -0.4 is 5.48 Å². The van der Waals surface area contributed by atoms with Crippen molar-refractivity contribution in [2.75, 3.05) is 26.2 Å². The topological polar surface area (TPSA) is 82.1 Å². The standard InChI is InChI=1S/C29H35N3O4/c1-29(28(35)32-15-5-8-25(32)20-33)19-26(30-36-29)23-9-11-24(12-10-23)27(34)31-16-13-22(14-17-31)18-21-6-3-2-4-7-21/h2-4,6-7,9-12,19,22,25,30,33H,5,8,13-18,20H2,1H3. The lowest BCUT2D eigenvalue weighted by Crippen LogP contribution is -2.49. The molecule has 7 heteroatoms. The SMILES string of the molecule is CC1(C(=O)N2CCCC2CO)C=C(c2ccc(C(=O)N3CCC(Cc4ccccc4)CC3)cc2)NO1. The summed E-state index contributed by atoms with van der Waals surface area (Å²) in [7, 11) is 0. The molecule has 2 fully saturated rings. The van der Waals surface area contributed by atoms with Gasteiger partial charge in [-0.25, -0.2) is 0 Å². The lowest BCUT2D eigenvalue weighted by molar-refractivity contribution is -0.154. The number of hydrogen-bond acceptors (Lipinski definition) is 5. The van der Waals surface area contributed by atoms with Gasteiger partial charge in [0.2, 0.25) is 0 Å². The first kappa shape index (κ1) is 24.5. The number of rotatable bonds is 6. The number of benzene rings is 2. The number of carbonyl (C=O) groups excluding carboxylic acids is 2. The maximum atomic E-state index is 13.1. The van der Waals surface area contributed by atoms with Crippen LogP contribution in [0.5, 0.6) is 0 Å². The van der Waals surface area contributed by atoms with E-state index in [1.54, 1.807) is 17.9 Å². The van der Waals surface area contributed by atoms with Crippen LogP contribution in [-0.2, 0) is 16.1 Å². The zero-order valence-electron chi connectivity index (χ0n) is 20.9. The van der Waals surface area contributed by atoms with Gasteiger partial charge >= 0.3 is 0 Å². The lowest BCUT2D eigenvalue weighted by atomic mass is 9.90. The molecule has 2 atom stereocenters. The van der Waals surface area contributed by atoms with Gasteiger partial charge in [0, 0.05) is 25.2 Å². The minimum absolute atomic E-state index is 0.0357. The van der Waals surface area contributed by atoms with Crippen LogP contribution >= 0.6 is 0 Å². The number of piperidine rings is 1. The van der Waals surface area contributed by atoms with Crippen LogP contribution in [0.15, 0.2) is 60.7 Å². The third-order valence-electron chi connectivity index (χ3n) is 7.78. The number of likely N-dealkylation sites (tertiary alicyclic amines) is 2. The van der Waals surface area contributed by atoms with Gasteiger partial charge in [0.05, 0.1) is 18.3 Å². The van der Waals surface area contributed by atoms with Crippen LogP contribution in [0.2, 0.25) is 0 Å². The Hall–Kier alpha value is -3.16. The summed E-state index contributed by atoms with van der Waals surface area (Å²) in [6.45, 7) is 3.90. The predicted molar refractivity (Wildman–Crippen MR) is 138 cm³/mol. The van der Waals surface area contributed by atoms with Crippen molar-refractivity contribution in [3.8, 4) is 0 Å². The quantitative estimate of drug-likeness (QED) is 0.650. The first-order valence-corrected chi connectivity index (χ1v) is 13.0. The molecule has 36 heavy (non-hydrogen) atoms. The molecular formula is C29H35N3O4. The number of carbonyl (C=O) groups is 2. The minimum atomic E-state index is -1.13. The van der Waals surface area contributed by atoms with E-state index in [1.165, 1.54) is 5.56 Å². The van der Waals surface area contributed by atoms with E-state index < -0.39 is 5.60 Å². The van der Waals surface area contributed by atoms with E-state index in [-0.39, 0.29) is 24.5 Å². The van der Waals surface area contributed by atoms with Crippen molar-refractivity contribution in [2.24, 2.45) is 5.92 Å². The first-order chi connectivity index (χ1) is 17.5. The number of hydrogen-bond donors (Lipinski definition) is 2. The molecule has 2 amide bonds. The molecule has 0 aromatic heterocycles. The third-order valence-corrected chi connectivity index (χ3v) is 7.78. The molecule has 0 bridgehead atoms. The van der Waals surface area contributed by atoms with Crippen LogP contribution in [0.4, 0.5) is 0 Å². The van der Waals surface area contributed by atoms with Gasteiger partial charge in [-0.1, -0.05) is 42.5 Å². The van der Waals surface area contributed by atoms with Crippen molar-refractivity contribution >= 4 is 17.5 Å². The zero-order valence-corrected chi connectivity index (χ0v) is 20.9. The highest BCUT2D eigenvalue weighted by Crippen LogP contribution is 2.31. The molecular weight excluding hydrogens is 454 g/mol. The molecule has 3 aliphatic heterocycles. The van der Waals surface area contributed by atoms with Gasteiger partial charge in [0.1, 0.15) is 0 Å². The molecule has 2 aromatic rings. The summed E-state index contributed by atoms with van der Waals surface area (Å²) in [5.74, 6) is 0.530. The second-order valence-electron chi connectivity index (χ2n) is 10.3. The third kappa shape index (κ3) is 5.04. The molecule has 190 valence electrons. The monoisotopic (exact) mass is 489 g/mol. The second kappa shape index (κ2) is 10.4. The minimum Gasteiger partial charge on any atom is -0.394 e. The Bertz CT molecular complexity index is 1110. The van der Waals surface area contributed by atoms with E-state index in [0.29, 0.717) is 23.7 Å². The summed E-state index contributed by atoms with van der Waals surface area (Å²) in [6.07, 6.45) is 6.60. The van der Waals surface area contributed by atoms with Crippen LogP contribution in [0.3, 0.4) is 0 Å². The lowest BCUT2D eigenvalue weighted by Gasteiger charge is -2.32. The van der Waals surface area contributed by atoms with Crippen LogP contribution in [0.25, 0.3) is 5.70 Å². The molecule has 5 rings (SSSR count). The molecule has 2 N–H and O–H groups in total. The first-order valence-electron chi connectivity index (χ1n) is 13.0. The van der Waals surface area contributed by atoms with E-state index in [9.17, 15) is 14.7 Å². The van der Waals surface area contributed by atoms with Crippen LogP contribution in [0.1, 0.15) is 54.1 Å². The molecule has 2 saturated heterocycles. The van der Waals surface area contributed by atoms with E-state index in [2.05, 4.69) is 29.7 Å². The Morgan fingerprint density at radius 2 is 1.75 bits per heavy atom. The highest BCUT2D eigenvalue weighted by atomic mass is 16.7. The Morgan fingerprint density at radius 1 is 1.03 bits per heavy atom. The fraction of sp³-hybridized carbons (Fsp3) is 0.448. The molecule has 3 aliphatic rings. The fourth-order valence-electron chi connectivity index (χ4n) is 5.58. The molecule has 2 unspecified atom stereocenters. The van der Waals surface area contributed by atoms with Gasteiger partial charge in [-0.3, -0.25) is 19.9 Å². The van der Waals surface area contributed by atoms with Gasteiger partial charge in [-0.05, 0) is 74.3 Å². The van der Waals surface area contributed by atoms with E-state index in [4.69, 9.17) is 4.84 Å². The number of amides is 2. The number of nitrogens with zero attached hydrogens (tertiary/aromatic N) is 2. The zero-order chi connectivity index (χ0) is 25.1. The van der Waals surface area contributed by atoms with E-state index in [1.807, 2.05) is 35.2 Å². The Labute approximate surface area is 212 Å². The Kier molecular flexibility index (Phi) is 7.12. The highest BCUT2D eigenvalue weighted by Gasteiger charge is 2.44. The van der Waals surface area contributed by atoms with Gasteiger partial charge in [0.15, 0.2) is 5.60 Å². The number of nitrogens with one attached hydrogen (secondary N) is 1. The summed E-state index contributed by atoms with van der Waals surface area (Å²) >= 11 is 0. The van der Waals surface area contributed by atoms with Crippen LogP contribution in [-0.4, -0.2) is 64.6 Å². The summed E-state index contributed by atoms with van der Waals surface area (Å²) < 4.78 is 0. The number of aliphatic hydroxyl groups is 1. The van der Waals surface area contributed by atoms with E-state index in [0.717, 1.165) is 50.8 Å². The van der Waals surface area contributed by atoms with Crippen molar-refractivity contribution in [3.63, 3.8) is 0 Å². The average molecular weight is 490 g/mol. The van der Waals surface area contributed by atoms with Crippen molar-refractivity contribution in [3.05, 3.63) is 77.4 Å². The maximum Gasteiger partial charge on any atom is 0.261 e. The highest BCUT2D eigenvalue weighted by molar-refractivity contribution is 5.95. The van der Waals surface area contributed by atoms with Gasteiger partial charge in [0.25, 0.3) is 11.8 Å². The smallest absolute Gasteiger partial charge is 0.261 e.